The van der Waals surface area contributed by atoms with E-state index in [1.165, 1.54) is 70.6 Å². The van der Waals surface area contributed by atoms with Gasteiger partial charge in [-0.25, -0.2) is 0 Å². The number of alkyl halides is 2. The Morgan fingerprint density at radius 1 is 0.462 bits per heavy atom. The molecule has 0 aromatic carbocycles. The molecule has 304 valence electrons. The predicted octanol–water partition coefficient (Wildman–Crippen LogP) is 5.55. The molecule has 52 heavy (non-hydrogen) atoms. The van der Waals surface area contributed by atoms with Crippen LogP contribution in [0.3, 0.4) is 0 Å². The summed E-state index contributed by atoms with van der Waals surface area (Å²) in [7, 11) is 0. The number of hydrogen-bond donors (Lipinski definition) is 5. The first kappa shape index (κ1) is 50.2. The zero-order valence-corrected chi connectivity index (χ0v) is 34.6. The van der Waals surface area contributed by atoms with Crippen molar-refractivity contribution in [2.75, 3.05) is 69.9 Å². The molecule has 4 amide bonds. The molecule has 0 aliphatic carbocycles. The number of carboxylic acid groups (broad SMARTS) is 1. The van der Waals surface area contributed by atoms with Crippen LogP contribution in [0.1, 0.15) is 128 Å². The summed E-state index contributed by atoms with van der Waals surface area (Å²) in [5.74, 6) is -1.34. The molecule has 0 saturated carbocycles. The highest BCUT2D eigenvalue weighted by Crippen LogP contribution is 2.14. The minimum atomic E-state index is -0.696. The Kier molecular flexibility index (Phi) is 37.5. The topological polar surface area (TPSA) is 181 Å². The number of amides is 4. The number of carbonyl (C=O) groups excluding carboxylic acids is 4. The molecular formula is C37H68Br2N4O9. The fourth-order valence-electron chi connectivity index (χ4n) is 5.38. The third-order valence-electron chi connectivity index (χ3n) is 8.29. The number of nitrogens with one attached hydrogen (secondary N) is 4. The van der Waals surface area contributed by atoms with Crippen molar-refractivity contribution in [3.8, 4) is 0 Å². The Balaban J connectivity index is 3.48. The minimum absolute atomic E-state index is 0.0708. The van der Waals surface area contributed by atoms with Crippen LogP contribution in [0.15, 0.2) is 0 Å². The molecule has 0 spiro atoms. The van der Waals surface area contributed by atoms with E-state index in [1.807, 2.05) is 0 Å². The first-order valence-electron chi connectivity index (χ1n) is 19.5. The highest BCUT2D eigenvalue weighted by Gasteiger charge is 2.19. The van der Waals surface area contributed by atoms with E-state index in [4.69, 9.17) is 19.3 Å². The van der Waals surface area contributed by atoms with Gasteiger partial charge in [0.15, 0.2) is 0 Å². The molecule has 13 nitrogen and oxygen atoms in total. The lowest BCUT2D eigenvalue weighted by Gasteiger charge is -2.18. The van der Waals surface area contributed by atoms with Crippen molar-refractivity contribution in [2.24, 2.45) is 0 Å². The molecule has 0 aliphatic heterocycles. The third-order valence-corrected chi connectivity index (χ3v) is 9.31. The highest BCUT2D eigenvalue weighted by atomic mass is 79.9. The molecule has 5 N–H and O–H groups in total. The molecule has 0 aromatic rings. The monoisotopic (exact) mass is 870 g/mol. The summed E-state index contributed by atoms with van der Waals surface area (Å²) in [6.45, 7) is 3.52. The van der Waals surface area contributed by atoms with Gasteiger partial charge in [-0.15, -0.1) is 0 Å². The van der Waals surface area contributed by atoms with Gasteiger partial charge in [-0.3, -0.25) is 24.0 Å². The molecule has 1 atom stereocenters. The normalized spacial score (nSPS) is 11.6. The van der Waals surface area contributed by atoms with Crippen LogP contribution in [0.25, 0.3) is 0 Å². The quantitative estimate of drug-likeness (QED) is 0.0391. The second-order valence-electron chi connectivity index (χ2n) is 12.9. The second kappa shape index (κ2) is 38.9. The number of hydrogen-bond acceptors (Lipinski definition) is 8. The number of ether oxygens (including phenoxy) is 3. The smallest absolute Gasteiger partial charge is 0.303 e. The number of carboxylic acids is 1. The van der Waals surface area contributed by atoms with Gasteiger partial charge in [-0.05, 0) is 25.7 Å². The van der Waals surface area contributed by atoms with Crippen LogP contribution in [0.5, 0.6) is 0 Å². The number of aliphatic carboxylic acids is 1. The van der Waals surface area contributed by atoms with Crippen molar-refractivity contribution in [2.45, 2.75) is 134 Å². The fraction of sp³-hybridized carbons (Fsp3) is 0.865. The summed E-state index contributed by atoms with van der Waals surface area (Å²) in [5.41, 5.74) is 0. The minimum Gasteiger partial charge on any atom is -0.481 e. The van der Waals surface area contributed by atoms with E-state index in [0.717, 1.165) is 32.1 Å². The molecule has 0 bridgehead atoms. The summed E-state index contributed by atoms with van der Waals surface area (Å²) in [6, 6.07) is -0.696. The Labute approximate surface area is 329 Å². The zero-order valence-electron chi connectivity index (χ0n) is 31.5. The number of carbonyl (C=O) groups is 5. The Hall–Kier alpha value is -1.81. The summed E-state index contributed by atoms with van der Waals surface area (Å²) < 4.78 is 16.5. The van der Waals surface area contributed by atoms with Crippen LogP contribution in [0.2, 0.25) is 0 Å². The van der Waals surface area contributed by atoms with Crippen LogP contribution < -0.4 is 21.3 Å². The first-order valence-corrected chi connectivity index (χ1v) is 21.7. The van der Waals surface area contributed by atoms with E-state index in [1.54, 1.807) is 0 Å². The number of rotatable bonds is 39. The number of unbranched alkanes of at least 4 members (excludes halogenated alkanes) is 15. The molecule has 0 saturated heterocycles. The highest BCUT2D eigenvalue weighted by molar-refractivity contribution is 9.09. The third kappa shape index (κ3) is 36.5. The maximum atomic E-state index is 12.5. The van der Waals surface area contributed by atoms with Crippen LogP contribution in [0.4, 0.5) is 0 Å². The largest absolute Gasteiger partial charge is 0.481 e. The van der Waals surface area contributed by atoms with Gasteiger partial charge in [0, 0.05) is 32.5 Å². The van der Waals surface area contributed by atoms with E-state index in [9.17, 15) is 24.0 Å². The summed E-state index contributed by atoms with van der Waals surface area (Å²) in [6.07, 6.45) is 20.9. The van der Waals surface area contributed by atoms with Crippen molar-refractivity contribution in [1.82, 2.24) is 21.3 Å². The van der Waals surface area contributed by atoms with Crippen LogP contribution in [-0.2, 0) is 38.2 Å². The van der Waals surface area contributed by atoms with Gasteiger partial charge in [0.05, 0.1) is 50.3 Å². The van der Waals surface area contributed by atoms with Gasteiger partial charge in [0.2, 0.25) is 23.6 Å². The van der Waals surface area contributed by atoms with E-state index < -0.39 is 12.0 Å². The molecule has 0 aromatic heterocycles. The van der Waals surface area contributed by atoms with Crippen LogP contribution in [0, 0.1) is 0 Å². The van der Waals surface area contributed by atoms with Gasteiger partial charge in [-0.2, -0.15) is 0 Å². The van der Waals surface area contributed by atoms with E-state index in [-0.39, 0.29) is 34.3 Å². The van der Waals surface area contributed by atoms with E-state index >= 15 is 0 Å². The molecular weight excluding hydrogens is 804 g/mol. The van der Waals surface area contributed by atoms with Crippen LogP contribution >= 0.6 is 31.9 Å². The maximum absolute atomic E-state index is 12.5. The Morgan fingerprint density at radius 3 is 1.33 bits per heavy atom. The lowest BCUT2D eigenvalue weighted by atomic mass is 10.0. The summed E-state index contributed by atoms with van der Waals surface area (Å²) in [5, 5.41) is 20.0. The van der Waals surface area contributed by atoms with Gasteiger partial charge in [-0.1, -0.05) is 122 Å². The van der Waals surface area contributed by atoms with Gasteiger partial charge < -0.3 is 40.6 Å². The van der Waals surface area contributed by atoms with E-state index in [2.05, 4.69) is 53.1 Å². The number of halogens is 2. The van der Waals surface area contributed by atoms with Crippen LogP contribution in [-0.4, -0.2) is 111 Å². The van der Waals surface area contributed by atoms with Crippen molar-refractivity contribution >= 4 is 61.5 Å². The lowest BCUT2D eigenvalue weighted by Crippen LogP contribution is -2.48. The standard InChI is InChI=1S/C37H68Br2N4O9/c38-30-34(45)40-21-17-18-32(43-35(46)31-39)37(49)42-23-25-51-27-29-52-28-26-50-24-22-41-33(44)19-15-13-11-9-7-5-3-1-2-4-6-8-10-12-14-16-20-36(47)48/h32H,1-31H2,(H,40,45)(H,41,44)(H,42,49)(H,43,46)(H,47,48)/t32-/m0/s1. The van der Waals surface area contributed by atoms with Gasteiger partial charge in [0.25, 0.3) is 0 Å². The maximum Gasteiger partial charge on any atom is 0.303 e. The van der Waals surface area contributed by atoms with E-state index in [0.29, 0.717) is 85.0 Å². The molecule has 0 fully saturated rings. The lowest BCUT2D eigenvalue weighted by molar-refractivity contribution is -0.137. The Bertz CT molecular complexity index is 918. The Morgan fingerprint density at radius 2 is 0.865 bits per heavy atom. The average Bonchev–Trinajstić information content (AvgIpc) is 3.13. The van der Waals surface area contributed by atoms with Crippen molar-refractivity contribution in [1.29, 1.82) is 0 Å². The fourth-order valence-corrected chi connectivity index (χ4v) is 5.74. The molecule has 15 heteroatoms. The predicted molar refractivity (Wildman–Crippen MR) is 211 cm³/mol. The van der Waals surface area contributed by atoms with Crippen molar-refractivity contribution in [3.63, 3.8) is 0 Å². The molecule has 0 aliphatic rings. The zero-order chi connectivity index (χ0) is 38.3. The summed E-state index contributed by atoms with van der Waals surface area (Å²) >= 11 is 6.16. The van der Waals surface area contributed by atoms with Crippen molar-refractivity contribution in [3.05, 3.63) is 0 Å². The van der Waals surface area contributed by atoms with Gasteiger partial charge >= 0.3 is 5.97 Å². The van der Waals surface area contributed by atoms with Crippen molar-refractivity contribution < 1.29 is 43.3 Å². The SMILES string of the molecule is O=C(O)CCCCCCCCCCCCCCCCCCC(=O)NCCOCCOCCOCCNC(=O)[C@H](CCCNC(=O)CBr)NC(=O)CBr. The summed E-state index contributed by atoms with van der Waals surface area (Å²) in [4.78, 5) is 58.1. The second-order valence-corrected chi connectivity index (χ2v) is 14.0. The molecule has 0 heterocycles. The first-order chi connectivity index (χ1) is 25.3. The molecule has 0 rings (SSSR count). The average molecular weight is 873 g/mol. The molecule has 0 radical (unpaired) electrons. The van der Waals surface area contributed by atoms with Gasteiger partial charge in [0.1, 0.15) is 6.04 Å². The molecule has 0 unspecified atom stereocenters.